The predicted octanol–water partition coefficient (Wildman–Crippen LogP) is 4.35. The second-order valence-corrected chi connectivity index (χ2v) is 5.21. The smallest absolute Gasteiger partial charge is 0.213 e. The highest BCUT2D eigenvalue weighted by Crippen LogP contribution is 2.23. The molecule has 0 saturated carbocycles. The molecule has 0 aliphatic heterocycles. The summed E-state index contributed by atoms with van der Waals surface area (Å²) in [6.07, 6.45) is 1.68. The molecular formula is C19H18ClFN2O. The average molecular weight is 345 g/mol. The summed E-state index contributed by atoms with van der Waals surface area (Å²) >= 11 is 0. The summed E-state index contributed by atoms with van der Waals surface area (Å²) in [6, 6.07) is 18.3. The summed E-state index contributed by atoms with van der Waals surface area (Å²) in [7, 11) is 0. The number of rotatable bonds is 5. The van der Waals surface area contributed by atoms with Crippen LogP contribution in [0.3, 0.4) is 0 Å². The van der Waals surface area contributed by atoms with Crippen LogP contribution in [0.25, 0.3) is 11.1 Å². The quantitative estimate of drug-likeness (QED) is 0.748. The van der Waals surface area contributed by atoms with Gasteiger partial charge in [0.15, 0.2) is 0 Å². The van der Waals surface area contributed by atoms with Gasteiger partial charge in [-0.15, -0.1) is 12.4 Å². The Kier molecular flexibility index (Phi) is 6.29. The highest BCUT2D eigenvalue weighted by atomic mass is 35.5. The van der Waals surface area contributed by atoms with Gasteiger partial charge in [-0.25, -0.2) is 9.37 Å². The number of halogens is 2. The van der Waals surface area contributed by atoms with Crippen LogP contribution in [0.1, 0.15) is 11.1 Å². The largest absolute Gasteiger partial charge is 0.473 e. The summed E-state index contributed by atoms with van der Waals surface area (Å²) < 4.78 is 19.2. The van der Waals surface area contributed by atoms with Crippen molar-refractivity contribution in [3.05, 3.63) is 83.8 Å². The summed E-state index contributed by atoms with van der Waals surface area (Å²) in [5, 5.41) is 0. The molecule has 0 spiro atoms. The molecular weight excluding hydrogens is 327 g/mol. The SMILES string of the molecule is Cl.NCc1cc(F)cc(-c2ccc(OCc3ccccc3)nc2)c1. The van der Waals surface area contributed by atoms with Gasteiger partial charge in [-0.1, -0.05) is 30.3 Å². The number of hydrogen-bond acceptors (Lipinski definition) is 3. The number of ether oxygens (including phenoxy) is 1. The van der Waals surface area contributed by atoms with Gasteiger partial charge in [0.05, 0.1) is 0 Å². The normalized spacial score (nSPS) is 10.1. The molecule has 124 valence electrons. The number of benzene rings is 2. The van der Waals surface area contributed by atoms with Gasteiger partial charge in [-0.2, -0.15) is 0 Å². The minimum Gasteiger partial charge on any atom is -0.473 e. The van der Waals surface area contributed by atoms with Crippen molar-refractivity contribution in [3.8, 4) is 17.0 Å². The Hall–Kier alpha value is -2.43. The molecule has 0 saturated heterocycles. The van der Waals surface area contributed by atoms with Crippen molar-refractivity contribution in [3.63, 3.8) is 0 Å². The fourth-order valence-electron chi connectivity index (χ4n) is 2.30. The minimum absolute atomic E-state index is 0. The van der Waals surface area contributed by atoms with Crippen molar-refractivity contribution in [1.29, 1.82) is 0 Å². The van der Waals surface area contributed by atoms with Gasteiger partial charge >= 0.3 is 0 Å². The van der Waals surface area contributed by atoms with Crippen LogP contribution in [0.4, 0.5) is 4.39 Å². The average Bonchev–Trinajstić information content (AvgIpc) is 2.60. The first-order chi connectivity index (χ1) is 11.2. The molecule has 0 bridgehead atoms. The van der Waals surface area contributed by atoms with Crippen molar-refractivity contribution in [1.82, 2.24) is 4.98 Å². The molecule has 0 amide bonds. The van der Waals surface area contributed by atoms with Gasteiger partial charge in [0.1, 0.15) is 12.4 Å². The zero-order valence-corrected chi connectivity index (χ0v) is 13.8. The first kappa shape index (κ1) is 17.9. The Morgan fingerprint density at radius 1 is 0.917 bits per heavy atom. The van der Waals surface area contributed by atoms with E-state index in [2.05, 4.69) is 4.98 Å². The second kappa shape index (κ2) is 8.43. The maximum absolute atomic E-state index is 13.6. The van der Waals surface area contributed by atoms with Crippen LogP contribution in [0.15, 0.2) is 66.9 Å². The third-order valence-electron chi connectivity index (χ3n) is 3.49. The van der Waals surface area contributed by atoms with Gasteiger partial charge in [-0.05, 0) is 41.0 Å². The third-order valence-corrected chi connectivity index (χ3v) is 3.49. The maximum Gasteiger partial charge on any atom is 0.213 e. The van der Waals surface area contributed by atoms with E-state index in [0.717, 1.165) is 22.3 Å². The van der Waals surface area contributed by atoms with Gasteiger partial charge < -0.3 is 10.5 Å². The molecule has 0 radical (unpaired) electrons. The summed E-state index contributed by atoms with van der Waals surface area (Å²) in [6.45, 7) is 0.765. The third kappa shape index (κ3) is 4.54. The van der Waals surface area contributed by atoms with E-state index in [0.29, 0.717) is 19.0 Å². The zero-order valence-electron chi connectivity index (χ0n) is 13.0. The van der Waals surface area contributed by atoms with E-state index in [1.165, 1.54) is 12.1 Å². The first-order valence-electron chi connectivity index (χ1n) is 7.37. The number of nitrogens with zero attached hydrogens (tertiary/aromatic N) is 1. The van der Waals surface area contributed by atoms with Gasteiger partial charge in [0, 0.05) is 24.4 Å². The molecule has 2 aromatic carbocycles. The molecule has 0 aliphatic carbocycles. The van der Waals surface area contributed by atoms with E-state index in [4.69, 9.17) is 10.5 Å². The van der Waals surface area contributed by atoms with Crippen LogP contribution in [0, 0.1) is 5.82 Å². The lowest BCUT2D eigenvalue weighted by molar-refractivity contribution is 0.294. The molecule has 5 heteroatoms. The Morgan fingerprint density at radius 2 is 1.71 bits per heavy atom. The van der Waals surface area contributed by atoms with E-state index in [9.17, 15) is 4.39 Å². The Labute approximate surface area is 146 Å². The Balaban J connectivity index is 0.00000208. The van der Waals surface area contributed by atoms with E-state index < -0.39 is 0 Å². The van der Waals surface area contributed by atoms with Crippen molar-refractivity contribution in [2.24, 2.45) is 5.73 Å². The van der Waals surface area contributed by atoms with Crippen LogP contribution in [0.5, 0.6) is 5.88 Å². The molecule has 3 rings (SSSR count). The molecule has 24 heavy (non-hydrogen) atoms. The topological polar surface area (TPSA) is 48.1 Å². The number of nitrogens with two attached hydrogens (primary N) is 1. The van der Waals surface area contributed by atoms with Crippen molar-refractivity contribution in [2.45, 2.75) is 13.2 Å². The lowest BCUT2D eigenvalue weighted by Crippen LogP contribution is -1.98. The fourth-order valence-corrected chi connectivity index (χ4v) is 2.30. The van der Waals surface area contributed by atoms with Crippen molar-refractivity contribution >= 4 is 12.4 Å². The van der Waals surface area contributed by atoms with Crippen LogP contribution < -0.4 is 10.5 Å². The highest BCUT2D eigenvalue weighted by Gasteiger charge is 2.04. The van der Waals surface area contributed by atoms with Gasteiger partial charge in [-0.3, -0.25) is 0 Å². The molecule has 0 unspecified atom stereocenters. The summed E-state index contributed by atoms with van der Waals surface area (Å²) in [5.74, 6) is 0.236. The molecule has 2 N–H and O–H groups in total. The van der Waals surface area contributed by atoms with E-state index in [-0.39, 0.29) is 18.2 Å². The highest BCUT2D eigenvalue weighted by molar-refractivity contribution is 5.85. The predicted molar refractivity (Wildman–Crippen MR) is 95.5 cm³/mol. The molecule has 1 heterocycles. The minimum atomic E-state index is -0.299. The number of pyridine rings is 1. The lowest BCUT2D eigenvalue weighted by Gasteiger charge is -2.08. The maximum atomic E-state index is 13.6. The van der Waals surface area contributed by atoms with E-state index in [1.54, 1.807) is 12.3 Å². The van der Waals surface area contributed by atoms with Gasteiger partial charge in [0.2, 0.25) is 5.88 Å². The molecule has 0 fully saturated rings. The lowest BCUT2D eigenvalue weighted by atomic mass is 10.0. The number of hydrogen-bond donors (Lipinski definition) is 1. The van der Waals surface area contributed by atoms with Gasteiger partial charge in [0.25, 0.3) is 0 Å². The molecule has 0 atom stereocenters. The van der Waals surface area contributed by atoms with Crippen LogP contribution >= 0.6 is 12.4 Å². The monoisotopic (exact) mass is 344 g/mol. The number of aromatic nitrogens is 1. The summed E-state index contributed by atoms with van der Waals surface area (Å²) in [5.41, 5.74) is 9.00. The fraction of sp³-hybridized carbons (Fsp3) is 0.105. The van der Waals surface area contributed by atoms with Crippen LogP contribution in [0.2, 0.25) is 0 Å². The van der Waals surface area contributed by atoms with Crippen LogP contribution in [-0.2, 0) is 13.2 Å². The Bertz CT molecular complexity index is 779. The van der Waals surface area contributed by atoms with E-state index in [1.807, 2.05) is 42.5 Å². The molecule has 1 aromatic heterocycles. The first-order valence-corrected chi connectivity index (χ1v) is 7.37. The van der Waals surface area contributed by atoms with Crippen molar-refractivity contribution in [2.75, 3.05) is 0 Å². The Morgan fingerprint density at radius 3 is 2.38 bits per heavy atom. The zero-order chi connectivity index (χ0) is 16.1. The molecule has 3 aromatic rings. The molecule has 3 nitrogen and oxygen atoms in total. The second-order valence-electron chi connectivity index (χ2n) is 5.21. The van der Waals surface area contributed by atoms with Crippen molar-refractivity contribution < 1.29 is 9.13 Å². The summed E-state index contributed by atoms with van der Waals surface area (Å²) in [4.78, 5) is 4.28. The standard InChI is InChI=1S/C19H17FN2O.ClH/c20-18-9-15(11-21)8-17(10-18)16-6-7-19(22-12-16)23-13-14-4-2-1-3-5-14;/h1-10,12H,11,13,21H2;1H. The van der Waals surface area contributed by atoms with E-state index >= 15 is 0 Å². The molecule has 0 aliphatic rings. The van der Waals surface area contributed by atoms with Crippen LogP contribution in [-0.4, -0.2) is 4.98 Å².